The number of hydrogen-bond acceptors (Lipinski definition) is 5. The molecule has 0 fully saturated rings. The Morgan fingerprint density at radius 2 is 1.95 bits per heavy atom. The summed E-state index contributed by atoms with van der Waals surface area (Å²) in [5.74, 6) is -1.17. The number of benzene rings is 1. The lowest BCUT2D eigenvalue weighted by atomic mass is 10.1. The van der Waals surface area contributed by atoms with Crippen LogP contribution in [0.25, 0.3) is 0 Å². The monoisotopic (exact) mass is 328 g/mol. The highest BCUT2D eigenvalue weighted by Crippen LogP contribution is 2.30. The third-order valence-corrected chi connectivity index (χ3v) is 2.86. The average molecular weight is 329 g/mol. The first-order valence-corrected chi connectivity index (χ1v) is 6.85. The Hall–Kier alpha value is -2.28. The quantitative estimate of drug-likeness (QED) is 0.774. The standard InChI is InChI=1S/C14H17ClN2O5/c1-4-22-13(19)7-16-14(20)9-5-10(15)11(17-8(2)18)6-12(9)21-3/h5-6H,4,7H2,1-3H3,(H,16,20)(H,17,18). The molecule has 0 spiro atoms. The molecule has 2 amide bonds. The molecule has 0 aliphatic carbocycles. The highest BCUT2D eigenvalue weighted by Gasteiger charge is 2.17. The van der Waals surface area contributed by atoms with Gasteiger partial charge in [0, 0.05) is 13.0 Å². The molecular formula is C14H17ClN2O5. The van der Waals surface area contributed by atoms with Crippen molar-refractivity contribution in [1.82, 2.24) is 5.32 Å². The average Bonchev–Trinajstić information content (AvgIpc) is 2.46. The number of esters is 1. The summed E-state index contributed by atoms with van der Waals surface area (Å²) in [6.45, 7) is 2.97. The van der Waals surface area contributed by atoms with Crippen LogP contribution in [0.2, 0.25) is 5.02 Å². The number of amides is 2. The molecule has 120 valence electrons. The largest absolute Gasteiger partial charge is 0.496 e. The Labute approximate surface area is 132 Å². The van der Waals surface area contributed by atoms with Gasteiger partial charge >= 0.3 is 5.97 Å². The van der Waals surface area contributed by atoms with Crippen molar-refractivity contribution in [2.45, 2.75) is 13.8 Å². The van der Waals surface area contributed by atoms with Crippen LogP contribution in [0.1, 0.15) is 24.2 Å². The number of carbonyl (C=O) groups is 3. The summed E-state index contributed by atoms with van der Waals surface area (Å²) in [5, 5.41) is 5.11. The number of carbonyl (C=O) groups excluding carboxylic acids is 3. The van der Waals surface area contributed by atoms with E-state index in [9.17, 15) is 14.4 Å². The molecule has 0 aliphatic heterocycles. The smallest absolute Gasteiger partial charge is 0.325 e. The van der Waals surface area contributed by atoms with Crippen LogP contribution >= 0.6 is 11.6 Å². The van der Waals surface area contributed by atoms with Gasteiger partial charge in [-0.1, -0.05) is 11.6 Å². The van der Waals surface area contributed by atoms with Crippen molar-refractivity contribution in [2.24, 2.45) is 0 Å². The van der Waals surface area contributed by atoms with E-state index >= 15 is 0 Å². The molecule has 1 aromatic carbocycles. The van der Waals surface area contributed by atoms with Gasteiger partial charge in [0.25, 0.3) is 5.91 Å². The van der Waals surface area contributed by atoms with Gasteiger partial charge < -0.3 is 20.1 Å². The van der Waals surface area contributed by atoms with E-state index in [4.69, 9.17) is 21.1 Å². The maximum atomic E-state index is 12.1. The number of rotatable bonds is 6. The van der Waals surface area contributed by atoms with Crippen LogP contribution in [0, 0.1) is 0 Å². The zero-order valence-corrected chi connectivity index (χ0v) is 13.2. The van der Waals surface area contributed by atoms with Crippen molar-refractivity contribution >= 4 is 35.1 Å². The Morgan fingerprint density at radius 3 is 2.50 bits per heavy atom. The van der Waals surface area contributed by atoms with Gasteiger partial charge in [0.05, 0.1) is 30.0 Å². The molecule has 1 rings (SSSR count). The molecule has 0 radical (unpaired) electrons. The SMILES string of the molecule is CCOC(=O)CNC(=O)c1cc(Cl)c(NC(C)=O)cc1OC. The number of nitrogens with one attached hydrogen (secondary N) is 2. The minimum absolute atomic E-state index is 0.144. The fraction of sp³-hybridized carbons (Fsp3) is 0.357. The summed E-state index contributed by atoms with van der Waals surface area (Å²) in [5.41, 5.74) is 0.471. The fourth-order valence-electron chi connectivity index (χ4n) is 1.64. The molecule has 0 bridgehead atoms. The molecule has 0 aromatic heterocycles. The maximum absolute atomic E-state index is 12.1. The summed E-state index contributed by atoms with van der Waals surface area (Å²) in [6, 6.07) is 2.79. The highest BCUT2D eigenvalue weighted by atomic mass is 35.5. The predicted molar refractivity (Wildman–Crippen MR) is 81.3 cm³/mol. The van der Waals surface area contributed by atoms with Gasteiger partial charge in [0.2, 0.25) is 5.91 Å². The first kappa shape index (κ1) is 17.8. The van der Waals surface area contributed by atoms with Crippen molar-refractivity contribution in [1.29, 1.82) is 0 Å². The number of anilines is 1. The molecule has 0 saturated carbocycles. The highest BCUT2D eigenvalue weighted by molar-refractivity contribution is 6.34. The lowest BCUT2D eigenvalue weighted by molar-refractivity contribution is -0.141. The summed E-state index contributed by atoms with van der Waals surface area (Å²) >= 11 is 6.02. The summed E-state index contributed by atoms with van der Waals surface area (Å²) < 4.78 is 9.82. The van der Waals surface area contributed by atoms with Gasteiger partial charge in [-0.2, -0.15) is 0 Å². The topological polar surface area (TPSA) is 93.7 Å². The van der Waals surface area contributed by atoms with Gasteiger partial charge in [0.15, 0.2) is 0 Å². The fourth-order valence-corrected chi connectivity index (χ4v) is 1.86. The lowest BCUT2D eigenvalue weighted by Crippen LogP contribution is -2.31. The van der Waals surface area contributed by atoms with E-state index in [1.54, 1.807) is 6.92 Å². The Bertz CT molecular complexity index is 589. The molecule has 0 aliphatic rings. The summed E-state index contributed by atoms with van der Waals surface area (Å²) in [4.78, 5) is 34.4. The maximum Gasteiger partial charge on any atom is 0.325 e. The second-order valence-electron chi connectivity index (χ2n) is 4.20. The van der Waals surface area contributed by atoms with Crippen LogP contribution in [0.3, 0.4) is 0 Å². The molecule has 0 atom stereocenters. The van der Waals surface area contributed by atoms with Crippen molar-refractivity contribution in [3.8, 4) is 5.75 Å². The zero-order valence-electron chi connectivity index (χ0n) is 12.5. The van der Waals surface area contributed by atoms with Gasteiger partial charge in [0.1, 0.15) is 12.3 Å². The molecule has 7 nitrogen and oxygen atoms in total. The minimum atomic E-state index is -0.546. The van der Waals surface area contributed by atoms with E-state index in [1.807, 2.05) is 0 Å². The number of methoxy groups -OCH3 is 1. The Balaban J connectivity index is 2.93. The first-order valence-electron chi connectivity index (χ1n) is 6.48. The van der Waals surface area contributed by atoms with Gasteiger partial charge in [-0.25, -0.2) is 0 Å². The van der Waals surface area contributed by atoms with Crippen LogP contribution in [-0.2, 0) is 14.3 Å². The number of halogens is 1. The van der Waals surface area contributed by atoms with E-state index in [0.29, 0.717) is 5.69 Å². The summed E-state index contributed by atoms with van der Waals surface area (Å²) in [7, 11) is 1.38. The second kappa shape index (κ2) is 8.23. The molecule has 0 unspecified atom stereocenters. The van der Waals surface area contributed by atoms with Crippen molar-refractivity contribution in [2.75, 3.05) is 25.6 Å². The third-order valence-electron chi connectivity index (χ3n) is 2.54. The molecule has 8 heteroatoms. The molecule has 0 saturated heterocycles. The summed E-state index contributed by atoms with van der Waals surface area (Å²) in [6.07, 6.45) is 0. The van der Waals surface area contributed by atoms with Crippen LogP contribution in [-0.4, -0.2) is 38.0 Å². The van der Waals surface area contributed by atoms with E-state index in [-0.39, 0.29) is 35.4 Å². The molecule has 0 heterocycles. The molecular weight excluding hydrogens is 312 g/mol. The Morgan fingerprint density at radius 1 is 1.27 bits per heavy atom. The minimum Gasteiger partial charge on any atom is -0.496 e. The number of ether oxygens (including phenoxy) is 2. The van der Waals surface area contributed by atoms with E-state index in [0.717, 1.165) is 0 Å². The molecule has 22 heavy (non-hydrogen) atoms. The second-order valence-corrected chi connectivity index (χ2v) is 4.61. The van der Waals surface area contributed by atoms with Crippen molar-refractivity contribution in [3.05, 3.63) is 22.7 Å². The van der Waals surface area contributed by atoms with Gasteiger partial charge in [-0.05, 0) is 13.0 Å². The Kier molecular flexibility index (Phi) is 6.65. The van der Waals surface area contributed by atoms with E-state index < -0.39 is 11.9 Å². The van der Waals surface area contributed by atoms with Crippen molar-refractivity contribution in [3.63, 3.8) is 0 Å². The lowest BCUT2D eigenvalue weighted by Gasteiger charge is -2.13. The van der Waals surface area contributed by atoms with Crippen LogP contribution < -0.4 is 15.4 Å². The van der Waals surface area contributed by atoms with E-state index in [1.165, 1.54) is 26.2 Å². The van der Waals surface area contributed by atoms with Gasteiger partial charge in [-0.3, -0.25) is 14.4 Å². The zero-order chi connectivity index (χ0) is 16.7. The predicted octanol–water partition coefficient (Wildman–Crippen LogP) is 1.60. The van der Waals surface area contributed by atoms with Crippen LogP contribution in [0.15, 0.2) is 12.1 Å². The van der Waals surface area contributed by atoms with Crippen LogP contribution in [0.5, 0.6) is 5.75 Å². The third kappa shape index (κ3) is 4.92. The van der Waals surface area contributed by atoms with Gasteiger partial charge in [-0.15, -0.1) is 0 Å². The normalized spacial score (nSPS) is 9.82. The first-order chi connectivity index (χ1) is 10.4. The molecule has 2 N–H and O–H groups in total. The molecule has 1 aromatic rings. The van der Waals surface area contributed by atoms with Crippen LogP contribution in [0.4, 0.5) is 5.69 Å². The number of hydrogen-bond donors (Lipinski definition) is 2. The van der Waals surface area contributed by atoms with Crippen molar-refractivity contribution < 1.29 is 23.9 Å². The van der Waals surface area contributed by atoms with E-state index in [2.05, 4.69) is 10.6 Å².